The number of hydrogen-bond acceptors (Lipinski definition) is 2. The molecule has 0 saturated heterocycles. The Labute approximate surface area is 94.0 Å². The zero-order valence-electron chi connectivity index (χ0n) is 10.4. The van der Waals surface area contributed by atoms with E-state index in [4.69, 9.17) is 5.73 Å². The monoisotopic (exact) mass is 208 g/mol. The third-order valence-electron chi connectivity index (χ3n) is 2.01. The summed E-state index contributed by atoms with van der Waals surface area (Å²) in [5.74, 6) is 0.540. The summed E-state index contributed by atoms with van der Waals surface area (Å²) in [4.78, 5) is 4.31. The van der Waals surface area contributed by atoms with Crippen LogP contribution in [0, 0.1) is 5.92 Å². The SMILES string of the molecule is CC=CCC=CC(C)CC(C)=NC(C)N. The largest absolute Gasteiger partial charge is 0.310 e. The lowest BCUT2D eigenvalue weighted by molar-refractivity contribution is 0.738. The Bertz CT molecular complexity index is 237. The lowest BCUT2D eigenvalue weighted by atomic mass is 10.0. The highest BCUT2D eigenvalue weighted by Gasteiger charge is 2.00. The summed E-state index contributed by atoms with van der Waals surface area (Å²) in [5.41, 5.74) is 6.73. The second-order valence-corrected chi connectivity index (χ2v) is 4.02. The van der Waals surface area contributed by atoms with Gasteiger partial charge in [-0.1, -0.05) is 31.2 Å². The van der Waals surface area contributed by atoms with E-state index >= 15 is 0 Å². The normalized spacial score (nSPS) is 17.5. The van der Waals surface area contributed by atoms with Crippen molar-refractivity contribution in [2.24, 2.45) is 16.6 Å². The molecule has 0 rings (SSSR count). The summed E-state index contributed by atoms with van der Waals surface area (Å²) in [7, 11) is 0. The van der Waals surface area contributed by atoms with Crippen LogP contribution in [0.1, 0.15) is 40.5 Å². The van der Waals surface area contributed by atoms with Crippen molar-refractivity contribution >= 4 is 5.71 Å². The molecule has 0 heterocycles. The molecule has 0 amide bonds. The molecule has 0 saturated carbocycles. The van der Waals surface area contributed by atoms with Gasteiger partial charge in [0.2, 0.25) is 0 Å². The fourth-order valence-electron chi connectivity index (χ4n) is 1.46. The van der Waals surface area contributed by atoms with Gasteiger partial charge in [-0.3, -0.25) is 4.99 Å². The van der Waals surface area contributed by atoms with Gasteiger partial charge in [-0.2, -0.15) is 0 Å². The smallest absolute Gasteiger partial charge is 0.0940 e. The second kappa shape index (κ2) is 8.42. The van der Waals surface area contributed by atoms with Crippen molar-refractivity contribution in [3.05, 3.63) is 24.3 Å². The van der Waals surface area contributed by atoms with Gasteiger partial charge in [-0.25, -0.2) is 0 Å². The standard InChI is InChI=1S/C13H24N2/c1-5-6-7-8-9-11(2)10-12(3)15-13(4)14/h5-6,8-9,11,13H,7,10,14H2,1-4H3. The minimum atomic E-state index is -0.0794. The molecule has 86 valence electrons. The van der Waals surface area contributed by atoms with Crippen molar-refractivity contribution in [3.63, 3.8) is 0 Å². The molecule has 0 spiro atoms. The number of rotatable bonds is 6. The minimum Gasteiger partial charge on any atom is -0.310 e. The van der Waals surface area contributed by atoms with E-state index in [0.717, 1.165) is 18.6 Å². The molecule has 0 aliphatic rings. The van der Waals surface area contributed by atoms with E-state index in [0.29, 0.717) is 5.92 Å². The summed E-state index contributed by atoms with van der Waals surface area (Å²) in [6.07, 6.45) is 10.6. The van der Waals surface area contributed by atoms with Crippen LogP contribution in [0.5, 0.6) is 0 Å². The highest BCUT2D eigenvalue weighted by molar-refractivity contribution is 5.82. The molecule has 0 aromatic carbocycles. The molecule has 0 aromatic rings. The Kier molecular flexibility index (Phi) is 7.92. The first-order chi connectivity index (χ1) is 7.06. The van der Waals surface area contributed by atoms with Gasteiger partial charge in [0.25, 0.3) is 0 Å². The molecule has 0 aromatic heterocycles. The van der Waals surface area contributed by atoms with Crippen molar-refractivity contribution in [1.29, 1.82) is 0 Å². The van der Waals surface area contributed by atoms with Crippen molar-refractivity contribution in [2.75, 3.05) is 0 Å². The van der Waals surface area contributed by atoms with Crippen molar-refractivity contribution < 1.29 is 0 Å². The van der Waals surface area contributed by atoms with Crippen LogP contribution in [0.3, 0.4) is 0 Å². The lowest BCUT2D eigenvalue weighted by Gasteiger charge is -2.07. The van der Waals surface area contributed by atoms with Gasteiger partial charge in [0.05, 0.1) is 6.17 Å². The Morgan fingerprint density at radius 3 is 2.53 bits per heavy atom. The van der Waals surface area contributed by atoms with Gasteiger partial charge < -0.3 is 5.73 Å². The first-order valence-corrected chi connectivity index (χ1v) is 5.63. The van der Waals surface area contributed by atoms with Crippen LogP contribution in [0.25, 0.3) is 0 Å². The number of allylic oxidation sites excluding steroid dienone is 4. The minimum absolute atomic E-state index is 0.0794. The zero-order chi connectivity index (χ0) is 11.7. The maximum Gasteiger partial charge on any atom is 0.0940 e. The molecule has 0 aliphatic carbocycles. The predicted octanol–water partition coefficient (Wildman–Crippen LogP) is 3.30. The van der Waals surface area contributed by atoms with E-state index in [-0.39, 0.29) is 6.17 Å². The van der Waals surface area contributed by atoms with Gasteiger partial charge in [0.1, 0.15) is 0 Å². The molecule has 2 unspecified atom stereocenters. The molecule has 0 aliphatic heterocycles. The van der Waals surface area contributed by atoms with Gasteiger partial charge in [-0.05, 0) is 39.5 Å². The molecular weight excluding hydrogens is 184 g/mol. The number of hydrogen-bond donors (Lipinski definition) is 1. The quantitative estimate of drug-likeness (QED) is 0.528. The topological polar surface area (TPSA) is 38.4 Å². The highest BCUT2D eigenvalue weighted by atomic mass is 14.9. The van der Waals surface area contributed by atoms with Crippen molar-refractivity contribution in [1.82, 2.24) is 0 Å². The number of nitrogens with two attached hydrogens (primary N) is 1. The van der Waals surface area contributed by atoms with E-state index in [1.165, 1.54) is 0 Å². The maximum absolute atomic E-state index is 5.59. The maximum atomic E-state index is 5.59. The second-order valence-electron chi connectivity index (χ2n) is 4.02. The Balaban J connectivity index is 3.92. The van der Waals surface area contributed by atoms with Gasteiger partial charge >= 0.3 is 0 Å². The molecule has 2 N–H and O–H groups in total. The Morgan fingerprint density at radius 2 is 2.00 bits per heavy atom. The third kappa shape index (κ3) is 9.42. The number of aliphatic imine (C=N–C) groups is 1. The van der Waals surface area contributed by atoms with Crippen LogP contribution >= 0.6 is 0 Å². The average Bonchev–Trinajstić information content (AvgIpc) is 2.10. The molecular formula is C13H24N2. The fraction of sp³-hybridized carbons (Fsp3) is 0.615. The van der Waals surface area contributed by atoms with Gasteiger partial charge in [0, 0.05) is 5.71 Å². The fourth-order valence-corrected chi connectivity index (χ4v) is 1.46. The third-order valence-corrected chi connectivity index (χ3v) is 2.01. The van der Waals surface area contributed by atoms with Gasteiger partial charge in [-0.15, -0.1) is 0 Å². The van der Waals surface area contributed by atoms with E-state index in [1.807, 2.05) is 20.8 Å². The first kappa shape index (κ1) is 14.1. The van der Waals surface area contributed by atoms with E-state index in [9.17, 15) is 0 Å². The molecule has 0 bridgehead atoms. The van der Waals surface area contributed by atoms with Crippen LogP contribution < -0.4 is 5.73 Å². The first-order valence-electron chi connectivity index (χ1n) is 5.63. The molecule has 15 heavy (non-hydrogen) atoms. The molecule has 2 heteroatoms. The van der Waals surface area contributed by atoms with E-state index < -0.39 is 0 Å². The van der Waals surface area contributed by atoms with Crippen LogP contribution in [0.15, 0.2) is 29.3 Å². The molecule has 0 radical (unpaired) electrons. The van der Waals surface area contributed by atoms with Gasteiger partial charge in [0.15, 0.2) is 0 Å². The van der Waals surface area contributed by atoms with Crippen LogP contribution in [0.2, 0.25) is 0 Å². The summed E-state index contributed by atoms with van der Waals surface area (Å²) in [6, 6.07) is 0. The van der Waals surface area contributed by atoms with Crippen LogP contribution in [-0.2, 0) is 0 Å². The summed E-state index contributed by atoms with van der Waals surface area (Å²) in [5, 5.41) is 0. The Hall–Kier alpha value is -0.890. The molecule has 0 fully saturated rings. The predicted molar refractivity (Wildman–Crippen MR) is 69.1 cm³/mol. The molecule has 2 atom stereocenters. The van der Waals surface area contributed by atoms with Crippen LogP contribution in [-0.4, -0.2) is 11.9 Å². The van der Waals surface area contributed by atoms with Crippen LogP contribution in [0.4, 0.5) is 0 Å². The summed E-state index contributed by atoms with van der Waals surface area (Å²) in [6.45, 7) is 8.18. The highest BCUT2D eigenvalue weighted by Crippen LogP contribution is 2.06. The summed E-state index contributed by atoms with van der Waals surface area (Å²) >= 11 is 0. The molecule has 2 nitrogen and oxygen atoms in total. The average molecular weight is 208 g/mol. The lowest BCUT2D eigenvalue weighted by Crippen LogP contribution is -2.14. The number of nitrogens with zero attached hydrogens (tertiary/aromatic N) is 1. The van der Waals surface area contributed by atoms with Crippen molar-refractivity contribution in [3.8, 4) is 0 Å². The zero-order valence-corrected chi connectivity index (χ0v) is 10.4. The van der Waals surface area contributed by atoms with E-state index in [2.05, 4.69) is 36.2 Å². The van der Waals surface area contributed by atoms with E-state index in [1.54, 1.807) is 0 Å². The Morgan fingerprint density at radius 1 is 1.33 bits per heavy atom. The van der Waals surface area contributed by atoms with Crippen molar-refractivity contribution in [2.45, 2.75) is 46.7 Å². The summed E-state index contributed by atoms with van der Waals surface area (Å²) < 4.78 is 0.